The van der Waals surface area contributed by atoms with Crippen LogP contribution in [-0.2, 0) is 4.79 Å². The fraction of sp³-hybridized carbons (Fsp3) is 0.333. The molecule has 1 N–H and O–H groups in total. The van der Waals surface area contributed by atoms with Crippen molar-refractivity contribution in [3.05, 3.63) is 42.5 Å². The van der Waals surface area contributed by atoms with Crippen molar-refractivity contribution < 1.29 is 9.59 Å². The number of carbonyl (C=O) groups is 2. The number of nitrogens with zero attached hydrogens (tertiary/aromatic N) is 2. The van der Waals surface area contributed by atoms with Crippen LogP contribution in [0.5, 0.6) is 0 Å². The molecule has 0 radical (unpaired) electrons. The Labute approximate surface area is 134 Å². The second-order valence-corrected chi connectivity index (χ2v) is 6.17. The predicted octanol–water partition coefficient (Wildman–Crippen LogP) is 3.23. The number of anilines is 1. The SMILES string of the molecule is O=C(Nc1cccc2ccccc12)N1CCCN1C(=O)C1CC1. The van der Waals surface area contributed by atoms with Crippen LogP contribution in [0.4, 0.5) is 10.5 Å². The van der Waals surface area contributed by atoms with E-state index in [9.17, 15) is 9.59 Å². The molecule has 2 aliphatic rings. The third-order valence-electron chi connectivity index (χ3n) is 4.48. The van der Waals surface area contributed by atoms with Gasteiger partial charge >= 0.3 is 6.03 Å². The second-order valence-electron chi connectivity index (χ2n) is 6.17. The number of amides is 3. The highest BCUT2D eigenvalue weighted by Crippen LogP contribution is 2.33. The highest BCUT2D eigenvalue weighted by molar-refractivity contribution is 6.02. The number of nitrogens with one attached hydrogen (secondary N) is 1. The number of carbonyl (C=O) groups excluding carboxylic acids is 2. The van der Waals surface area contributed by atoms with Crippen molar-refractivity contribution in [3.63, 3.8) is 0 Å². The van der Waals surface area contributed by atoms with Gasteiger partial charge in [0, 0.05) is 24.4 Å². The Balaban J connectivity index is 1.55. The lowest BCUT2D eigenvalue weighted by molar-refractivity contribution is -0.141. The van der Waals surface area contributed by atoms with Crippen LogP contribution in [0, 0.1) is 5.92 Å². The highest BCUT2D eigenvalue weighted by Gasteiger charge is 2.39. The molecule has 5 heteroatoms. The molecule has 1 saturated heterocycles. The van der Waals surface area contributed by atoms with E-state index in [0.29, 0.717) is 13.1 Å². The smallest absolute Gasteiger partial charge is 0.306 e. The van der Waals surface area contributed by atoms with E-state index in [0.717, 1.165) is 35.7 Å². The van der Waals surface area contributed by atoms with Gasteiger partial charge in [0.05, 0.1) is 5.69 Å². The molecule has 4 rings (SSSR count). The van der Waals surface area contributed by atoms with Crippen LogP contribution in [-0.4, -0.2) is 35.0 Å². The van der Waals surface area contributed by atoms with E-state index in [2.05, 4.69) is 5.32 Å². The lowest BCUT2D eigenvalue weighted by Gasteiger charge is -2.28. The average Bonchev–Trinajstić information content (AvgIpc) is 3.31. The van der Waals surface area contributed by atoms with Crippen LogP contribution in [0.3, 0.4) is 0 Å². The molecular formula is C18H19N3O2. The highest BCUT2D eigenvalue weighted by atomic mass is 16.2. The molecule has 2 fully saturated rings. The normalized spacial score (nSPS) is 17.6. The third-order valence-corrected chi connectivity index (χ3v) is 4.48. The number of benzene rings is 2. The summed E-state index contributed by atoms with van der Waals surface area (Å²) in [6.45, 7) is 1.23. The molecular weight excluding hydrogens is 290 g/mol. The Morgan fingerprint density at radius 1 is 0.957 bits per heavy atom. The van der Waals surface area contributed by atoms with Gasteiger partial charge in [0.15, 0.2) is 0 Å². The molecule has 1 saturated carbocycles. The Kier molecular flexibility index (Phi) is 3.41. The number of hydrogen-bond donors (Lipinski definition) is 1. The molecule has 2 aromatic carbocycles. The van der Waals surface area contributed by atoms with Crippen molar-refractivity contribution in [2.24, 2.45) is 5.92 Å². The minimum Gasteiger partial charge on any atom is -0.306 e. The largest absolute Gasteiger partial charge is 0.340 e. The summed E-state index contributed by atoms with van der Waals surface area (Å²) in [6.07, 6.45) is 2.74. The van der Waals surface area contributed by atoms with E-state index in [1.165, 1.54) is 0 Å². The number of fused-ring (bicyclic) bond motifs is 1. The van der Waals surface area contributed by atoms with Gasteiger partial charge < -0.3 is 5.32 Å². The van der Waals surface area contributed by atoms with E-state index in [-0.39, 0.29) is 17.9 Å². The van der Waals surface area contributed by atoms with Gasteiger partial charge in [-0.1, -0.05) is 36.4 Å². The van der Waals surface area contributed by atoms with Crippen molar-refractivity contribution in [1.82, 2.24) is 10.0 Å². The summed E-state index contributed by atoms with van der Waals surface area (Å²) < 4.78 is 0. The van der Waals surface area contributed by atoms with E-state index >= 15 is 0 Å². The van der Waals surface area contributed by atoms with Gasteiger partial charge in [0.25, 0.3) is 0 Å². The lowest BCUT2D eigenvalue weighted by Crippen LogP contribution is -2.47. The number of hydrazine groups is 1. The molecule has 23 heavy (non-hydrogen) atoms. The zero-order valence-electron chi connectivity index (χ0n) is 12.9. The average molecular weight is 309 g/mol. The first-order valence-corrected chi connectivity index (χ1v) is 8.11. The molecule has 0 atom stereocenters. The van der Waals surface area contributed by atoms with Gasteiger partial charge in [-0.2, -0.15) is 0 Å². The van der Waals surface area contributed by atoms with Crippen LogP contribution >= 0.6 is 0 Å². The molecule has 118 valence electrons. The summed E-state index contributed by atoms with van der Waals surface area (Å²) >= 11 is 0. The second kappa shape index (κ2) is 5.57. The number of hydrogen-bond acceptors (Lipinski definition) is 2. The van der Waals surface area contributed by atoms with Crippen molar-refractivity contribution in [2.75, 3.05) is 18.4 Å². The summed E-state index contributed by atoms with van der Waals surface area (Å²) in [4.78, 5) is 24.9. The predicted molar refractivity (Wildman–Crippen MR) is 88.7 cm³/mol. The summed E-state index contributed by atoms with van der Waals surface area (Å²) in [5, 5.41) is 8.23. The van der Waals surface area contributed by atoms with E-state index in [4.69, 9.17) is 0 Å². The van der Waals surface area contributed by atoms with Crippen molar-refractivity contribution >= 4 is 28.4 Å². The van der Waals surface area contributed by atoms with Gasteiger partial charge in [0.1, 0.15) is 0 Å². The van der Waals surface area contributed by atoms with Crippen molar-refractivity contribution in [3.8, 4) is 0 Å². The van der Waals surface area contributed by atoms with Crippen LogP contribution in [0.15, 0.2) is 42.5 Å². The van der Waals surface area contributed by atoms with Crippen molar-refractivity contribution in [1.29, 1.82) is 0 Å². The van der Waals surface area contributed by atoms with Crippen LogP contribution in [0.2, 0.25) is 0 Å². The summed E-state index contributed by atoms with van der Waals surface area (Å²) in [7, 11) is 0. The quantitative estimate of drug-likeness (QED) is 0.926. The molecule has 0 spiro atoms. The molecule has 3 amide bonds. The molecule has 5 nitrogen and oxygen atoms in total. The fourth-order valence-corrected chi connectivity index (χ4v) is 3.11. The molecule has 1 heterocycles. The minimum atomic E-state index is -0.229. The maximum atomic E-state index is 12.6. The summed E-state index contributed by atoms with van der Waals surface area (Å²) in [5.41, 5.74) is 0.777. The Bertz CT molecular complexity index is 764. The summed E-state index contributed by atoms with van der Waals surface area (Å²) in [6, 6.07) is 13.5. The van der Waals surface area contributed by atoms with E-state index in [1.807, 2.05) is 42.5 Å². The fourth-order valence-electron chi connectivity index (χ4n) is 3.11. The Hall–Kier alpha value is -2.56. The maximum absolute atomic E-state index is 12.6. The summed E-state index contributed by atoms with van der Waals surface area (Å²) in [5.74, 6) is 0.219. The Morgan fingerprint density at radius 2 is 1.70 bits per heavy atom. The van der Waals surface area contributed by atoms with Crippen LogP contribution < -0.4 is 5.32 Å². The Morgan fingerprint density at radius 3 is 2.52 bits per heavy atom. The number of urea groups is 1. The molecule has 0 aromatic heterocycles. The van der Waals surface area contributed by atoms with Crippen molar-refractivity contribution in [2.45, 2.75) is 19.3 Å². The minimum absolute atomic E-state index is 0.0931. The molecule has 2 aromatic rings. The lowest BCUT2D eigenvalue weighted by atomic mass is 10.1. The van der Waals surface area contributed by atoms with Crippen LogP contribution in [0.25, 0.3) is 10.8 Å². The number of rotatable bonds is 2. The van der Waals surface area contributed by atoms with E-state index < -0.39 is 0 Å². The topological polar surface area (TPSA) is 52.7 Å². The van der Waals surface area contributed by atoms with E-state index in [1.54, 1.807) is 10.0 Å². The molecule has 1 aliphatic heterocycles. The van der Waals surface area contributed by atoms with Gasteiger partial charge in [-0.05, 0) is 30.7 Å². The first-order valence-electron chi connectivity index (χ1n) is 8.11. The van der Waals surface area contributed by atoms with Crippen LogP contribution in [0.1, 0.15) is 19.3 Å². The first-order chi connectivity index (χ1) is 11.2. The third kappa shape index (κ3) is 2.63. The van der Waals surface area contributed by atoms with Gasteiger partial charge in [0.2, 0.25) is 5.91 Å². The maximum Gasteiger partial charge on any atom is 0.340 e. The zero-order valence-corrected chi connectivity index (χ0v) is 12.9. The molecule has 0 bridgehead atoms. The first kappa shape index (κ1) is 14.1. The molecule has 0 unspecified atom stereocenters. The van der Waals surface area contributed by atoms with Gasteiger partial charge in [-0.3, -0.25) is 4.79 Å². The monoisotopic (exact) mass is 309 g/mol. The molecule has 1 aliphatic carbocycles. The van der Waals surface area contributed by atoms with Gasteiger partial charge in [-0.25, -0.2) is 14.8 Å². The standard InChI is InChI=1S/C18H19N3O2/c22-17(14-9-10-14)20-11-4-12-21(20)18(23)19-16-8-3-6-13-5-1-2-7-15(13)16/h1-3,5-8,14H,4,9-12H2,(H,19,23). The van der Waals surface area contributed by atoms with Gasteiger partial charge in [-0.15, -0.1) is 0 Å². The zero-order chi connectivity index (χ0) is 15.8.